The summed E-state index contributed by atoms with van der Waals surface area (Å²) in [5, 5.41) is 6.25. The number of benzene rings is 1. The van der Waals surface area contributed by atoms with Crippen molar-refractivity contribution >= 4 is 17.2 Å². The lowest BCUT2D eigenvalue weighted by atomic mass is 9.79. The van der Waals surface area contributed by atoms with Crippen molar-refractivity contribution < 1.29 is 14.3 Å². The van der Waals surface area contributed by atoms with Gasteiger partial charge in [-0.1, -0.05) is 25.3 Å². The molecule has 1 saturated heterocycles. The number of carbonyl (C=O) groups excluding carboxylic acids is 1. The van der Waals surface area contributed by atoms with Gasteiger partial charge in [0.1, 0.15) is 12.4 Å². The number of hydrogen-bond donors (Lipinski definition) is 1. The zero-order valence-electron chi connectivity index (χ0n) is 17.7. The molecule has 2 aliphatic rings. The van der Waals surface area contributed by atoms with Gasteiger partial charge in [0.15, 0.2) is 0 Å². The van der Waals surface area contributed by atoms with E-state index >= 15 is 0 Å². The first-order valence-corrected chi connectivity index (χ1v) is 11.8. The van der Waals surface area contributed by atoms with E-state index in [0.717, 1.165) is 49.8 Å². The second kappa shape index (κ2) is 9.90. The zero-order valence-corrected chi connectivity index (χ0v) is 18.5. The molecule has 1 aliphatic carbocycles. The molecule has 2 fully saturated rings. The largest absolute Gasteiger partial charge is 0.487 e. The van der Waals surface area contributed by atoms with Crippen LogP contribution in [0.4, 0.5) is 0 Å². The number of aromatic nitrogens is 1. The molecule has 1 N–H and O–H groups in total. The fourth-order valence-electron chi connectivity index (χ4n) is 4.56. The Hall–Kier alpha value is -1.96. The lowest BCUT2D eigenvalue weighted by molar-refractivity contribution is -0.0361. The summed E-state index contributed by atoms with van der Waals surface area (Å²) in [6.07, 6.45) is 6.03. The minimum Gasteiger partial charge on any atom is -0.487 e. The Morgan fingerprint density at radius 2 is 2.07 bits per heavy atom. The number of nitrogens with zero attached hydrogens (tertiary/aromatic N) is 2. The SMILES string of the molecule is Cc1nc(COc2cccc(C(=O)NCC3(N4CCOCC4)CCCCC3)c2)cs1. The minimum atomic E-state index is -0.0387. The summed E-state index contributed by atoms with van der Waals surface area (Å²) in [7, 11) is 0. The summed E-state index contributed by atoms with van der Waals surface area (Å²) in [5.74, 6) is 0.650. The fourth-order valence-corrected chi connectivity index (χ4v) is 5.16. The van der Waals surface area contributed by atoms with Crippen molar-refractivity contribution in [2.24, 2.45) is 0 Å². The minimum absolute atomic E-state index is 0.0387. The Balaban J connectivity index is 1.37. The molecule has 2 aromatic rings. The van der Waals surface area contributed by atoms with Gasteiger partial charge in [-0.15, -0.1) is 11.3 Å². The van der Waals surface area contributed by atoms with Crippen molar-refractivity contribution in [1.29, 1.82) is 0 Å². The van der Waals surface area contributed by atoms with E-state index in [1.165, 1.54) is 19.3 Å². The van der Waals surface area contributed by atoms with Crippen LogP contribution in [0.3, 0.4) is 0 Å². The maximum atomic E-state index is 12.9. The van der Waals surface area contributed by atoms with Crippen LogP contribution in [-0.2, 0) is 11.3 Å². The Bertz CT molecular complexity index is 842. The molecule has 1 aromatic heterocycles. The Labute approximate surface area is 182 Å². The van der Waals surface area contributed by atoms with Gasteiger partial charge < -0.3 is 14.8 Å². The first-order chi connectivity index (χ1) is 14.6. The van der Waals surface area contributed by atoms with E-state index in [4.69, 9.17) is 9.47 Å². The van der Waals surface area contributed by atoms with Crippen molar-refractivity contribution in [3.8, 4) is 5.75 Å². The van der Waals surface area contributed by atoms with Crippen molar-refractivity contribution in [2.45, 2.75) is 51.2 Å². The van der Waals surface area contributed by atoms with E-state index in [2.05, 4.69) is 15.2 Å². The van der Waals surface area contributed by atoms with E-state index in [9.17, 15) is 4.79 Å². The second-order valence-electron chi connectivity index (χ2n) is 8.24. The van der Waals surface area contributed by atoms with Crippen LogP contribution in [0.25, 0.3) is 0 Å². The number of amides is 1. The Kier molecular flexibility index (Phi) is 7.02. The van der Waals surface area contributed by atoms with Gasteiger partial charge in [-0.2, -0.15) is 0 Å². The number of hydrogen-bond acceptors (Lipinski definition) is 6. The highest BCUT2D eigenvalue weighted by Gasteiger charge is 2.38. The van der Waals surface area contributed by atoms with Gasteiger partial charge in [0.25, 0.3) is 5.91 Å². The number of nitrogens with one attached hydrogen (secondary N) is 1. The van der Waals surface area contributed by atoms with Crippen LogP contribution in [0.1, 0.15) is 53.2 Å². The van der Waals surface area contributed by atoms with Gasteiger partial charge in [0.05, 0.1) is 23.9 Å². The third kappa shape index (κ3) is 5.20. The van der Waals surface area contributed by atoms with Crippen molar-refractivity contribution in [3.63, 3.8) is 0 Å². The summed E-state index contributed by atoms with van der Waals surface area (Å²) >= 11 is 1.61. The molecule has 6 nitrogen and oxygen atoms in total. The number of carbonyl (C=O) groups is 1. The molecule has 0 bridgehead atoms. The van der Waals surface area contributed by atoms with E-state index in [1.807, 2.05) is 36.6 Å². The molecule has 7 heteroatoms. The number of aryl methyl sites for hydroxylation is 1. The summed E-state index contributed by atoms with van der Waals surface area (Å²) in [4.78, 5) is 19.9. The average Bonchev–Trinajstić information content (AvgIpc) is 3.22. The molecular weight excluding hydrogens is 398 g/mol. The third-order valence-electron chi connectivity index (χ3n) is 6.19. The van der Waals surface area contributed by atoms with E-state index < -0.39 is 0 Å². The van der Waals surface area contributed by atoms with Crippen LogP contribution >= 0.6 is 11.3 Å². The highest BCUT2D eigenvalue weighted by atomic mass is 32.1. The number of rotatable bonds is 7. The molecule has 0 atom stereocenters. The van der Waals surface area contributed by atoms with Crippen LogP contribution in [0.5, 0.6) is 5.75 Å². The number of thiazole rings is 1. The summed E-state index contributed by atoms with van der Waals surface area (Å²) in [5.41, 5.74) is 1.61. The Morgan fingerprint density at radius 1 is 1.27 bits per heavy atom. The normalized spacial score (nSPS) is 19.4. The quantitative estimate of drug-likeness (QED) is 0.725. The second-order valence-corrected chi connectivity index (χ2v) is 9.30. The average molecular weight is 430 g/mol. The van der Waals surface area contributed by atoms with Gasteiger partial charge in [-0.3, -0.25) is 9.69 Å². The van der Waals surface area contributed by atoms with Crippen LogP contribution in [0.2, 0.25) is 0 Å². The molecule has 1 aliphatic heterocycles. The summed E-state index contributed by atoms with van der Waals surface area (Å²) in [6, 6.07) is 7.41. The molecule has 30 heavy (non-hydrogen) atoms. The van der Waals surface area contributed by atoms with Crippen LogP contribution in [0, 0.1) is 6.92 Å². The van der Waals surface area contributed by atoms with Crippen LogP contribution < -0.4 is 10.1 Å². The molecule has 1 aromatic carbocycles. The fraction of sp³-hybridized carbons (Fsp3) is 0.565. The highest BCUT2D eigenvalue weighted by molar-refractivity contribution is 7.09. The van der Waals surface area contributed by atoms with Crippen molar-refractivity contribution in [2.75, 3.05) is 32.8 Å². The van der Waals surface area contributed by atoms with Crippen molar-refractivity contribution in [3.05, 3.63) is 45.9 Å². The zero-order chi connectivity index (χ0) is 20.8. The lowest BCUT2D eigenvalue weighted by Gasteiger charge is -2.48. The molecule has 0 spiro atoms. The monoisotopic (exact) mass is 429 g/mol. The van der Waals surface area contributed by atoms with Gasteiger partial charge >= 0.3 is 0 Å². The van der Waals surface area contributed by atoms with Gasteiger partial charge in [-0.25, -0.2) is 4.98 Å². The Morgan fingerprint density at radius 3 is 2.80 bits per heavy atom. The maximum absolute atomic E-state index is 12.9. The summed E-state index contributed by atoms with van der Waals surface area (Å²) in [6.45, 7) is 6.56. The van der Waals surface area contributed by atoms with E-state index in [0.29, 0.717) is 24.5 Å². The molecule has 162 valence electrons. The first kappa shape index (κ1) is 21.3. The smallest absolute Gasteiger partial charge is 0.251 e. The van der Waals surface area contributed by atoms with Gasteiger partial charge in [0.2, 0.25) is 0 Å². The standard InChI is InChI=1S/C23H31N3O3S/c1-18-25-20(16-30-18)15-29-21-7-5-6-19(14-21)22(27)24-17-23(8-3-2-4-9-23)26-10-12-28-13-11-26/h5-7,14,16H,2-4,8-13,15,17H2,1H3,(H,24,27). The maximum Gasteiger partial charge on any atom is 0.251 e. The number of morpholine rings is 1. The van der Waals surface area contributed by atoms with Crippen LogP contribution in [0.15, 0.2) is 29.6 Å². The van der Waals surface area contributed by atoms with Crippen LogP contribution in [-0.4, -0.2) is 54.2 Å². The van der Waals surface area contributed by atoms with E-state index in [1.54, 1.807) is 11.3 Å². The predicted molar refractivity (Wildman–Crippen MR) is 118 cm³/mol. The molecule has 1 amide bonds. The van der Waals surface area contributed by atoms with Gasteiger partial charge in [-0.05, 0) is 38.0 Å². The molecule has 0 radical (unpaired) electrons. The lowest BCUT2D eigenvalue weighted by Crippen LogP contribution is -2.59. The highest BCUT2D eigenvalue weighted by Crippen LogP contribution is 2.34. The van der Waals surface area contributed by atoms with Crippen molar-refractivity contribution in [1.82, 2.24) is 15.2 Å². The molecule has 1 saturated carbocycles. The molecule has 0 unspecified atom stereocenters. The van der Waals surface area contributed by atoms with Gasteiger partial charge in [0, 0.05) is 36.1 Å². The molecule has 2 heterocycles. The third-order valence-corrected chi connectivity index (χ3v) is 7.02. The van der Waals surface area contributed by atoms with E-state index in [-0.39, 0.29) is 11.4 Å². The first-order valence-electron chi connectivity index (χ1n) is 10.9. The number of ether oxygens (including phenoxy) is 2. The molecule has 4 rings (SSSR count). The summed E-state index contributed by atoms with van der Waals surface area (Å²) < 4.78 is 11.4. The molecular formula is C23H31N3O3S. The predicted octanol–water partition coefficient (Wildman–Crippen LogP) is 3.80. The topological polar surface area (TPSA) is 63.7 Å².